The first kappa shape index (κ1) is 28.7. The van der Waals surface area contributed by atoms with Gasteiger partial charge >= 0.3 is 24.1 Å². The molecule has 2 amide bonds. The van der Waals surface area contributed by atoms with Gasteiger partial charge in [-0.15, -0.1) is 0 Å². The van der Waals surface area contributed by atoms with Gasteiger partial charge in [0.15, 0.2) is 0 Å². The van der Waals surface area contributed by atoms with Gasteiger partial charge in [-0.2, -0.15) is 18.4 Å². The van der Waals surface area contributed by atoms with Crippen LogP contribution in [-0.2, 0) is 38.1 Å². The number of amides is 2. The summed E-state index contributed by atoms with van der Waals surface area (Å²) < 4.78 is 49.9. The minimum atomic E-state index is -4.69. The third-order valence-electron chi connectivity index (χ3n) is 6.20. The molecular weight excluding hydrogens is 519 g/mol. The predicted molar refractivity (Wildman–Crippen MR) is 132 cm³/mol. The molecule has 10 nitrogen and oxygen atoms in total. The molecule has 204 valence electrons. The number of rotatable bonds is 6. The van der Waals surface area contributed by atoms with Crippen LogP contribution in [0.3, 0.4) is 0 Å². The maximum Gasteiger partial charge on any atom is 0.416 e. The fraction of sp³-hybridized carbons (Fsp3) is 0.269. The highest BCUT2D eigenvalue weighted by molar-refractivity contribution is 6.10. The molecule has 2 aromatic rings. The number of hydrogen-bond acceptors (Lipinski definition) is 7. The number of ether oxygens (including phenoxy) is 2. The summed E-state index contributed by atoms with van der Waals surface area (Å²) in [5.74, 6) is -2.11. The van der Waals surface area contributed by atoms with Gasteiger partial charge in [0.25, 0.3) is 0 Å². The number of nitrogens with zero attached hydrogens (tertiary/aromatic N) is 3. The molecule has 1 atom stereocenters. The first-order valence-electron chi connectivity index (χ1n) is 11.4. The number of carbonyl (C=O) groups excluding carboxylic acids is 3. The van der Waals surface area contributed by atoms with E-state index in [4.69, 9.17) is 20.6 Å². The molecule has 0 fully saturated rings. The second-order valence-corrected chi connectivity index (χ2v) is 8.47. The van der Waals surface area contributed by atoms with Crippen LogP contribution in [0.15, 0.2) is 53.7 Å². The average Bonchev–Trinajstić information content (AvgIpc) is 2.88. The van der Waals surface area contributed by atoms with Crippen LogP contribution >= 0.6 is 0 Å². The summed E-state index contributed by atoms with van der Waals surface area (Å²) >= 11 is 0. The zero-order chi connectivity index (χ0) is 29.1. The van der Waals surface area contributed by atoms with Crippen LogP contribution in [0.25, 0.3) is 0 Å². The number of guanidine groups is 1. The quantitative estimate of drug-likeness (QED) is 0.530. The van der Waals surface area contributed by atoms with Gasteiger partial charge in [0.05, 0.1) is 49.5 Å². The molecule has 0 saturated carbocycles. The normalized spacial score (nSPS) is 15.6. The van der Waals surface area contributed by atoms with Gasteiger partial charge in [0.1, 0.15) is 0 Å². The lowest BCUT2D eigenvalue weighted by atomic mass is 9.90. The minimum absolute atomic E-state index is 0.0387. The summed E-state index contributed by atoms with van der Waals surface area (Å²) in [7, 11) is 2.28. The van der Waals surface area contributed by atoms with Crippen LogP contribution in [0.5, 0.6) is 0 Å². The summed E-state index contributed by atoms with van der Waals surface area (Å²) in [5.41, 5.74) is 5.44. The Hall–Kier alpha value is -4.86. The number of esters is 2. The third kappa shape index (κ3) is 5.85. The Labute approximate surface area is 221 Å². The molecule has 39 heavy (non-hydrogen) atoms. The average molecular weight is 544 g/mol. The lowest BCUT2D eigenvalue weighted by molar-refractivity contribution is -0.140. The molecule has 0 aromatic heterocycles. The van der Waals surface area contributed by atoms with Gasteiger partial charge in [0.2, 0.25) is 5.96 Å². The number of halogens is 3. The Morgan fingerprint density at radius 3 is 2.36 bits per heavy atom. The molecule has 1 unspecified atom stereocenters. The van der Waals surface area contributed by atoms with E-state index in [1.165, 1.54) is 38.3 Å². The number of nitriles is 1. The number of urea groups is 1. The zero-order valence-corrected chi connectivity index (χ0v) is 21.1. The Morgan fingerprint density at radius 1 is 1.10 bits per heavy atom. The number of nitrogens with one attached hydrogen (secondary N) is 1. The Bertz CT molecular complexity index is 1410. The third-order valence-corrected chi connectivity index (χ3v) is 6.20. The highest BCUT2D eigenvalue weighted by Crippen LogP contribution is 2.36. The van der Waals surface area contributed by atoms with Crippen molar-refractivity contribution in [1.82, 2.24) is 4.90 Å². The second-order valence-electron chi connectivity index (χ2n) is 8.47. The molecular formula is C26H24F3N5O5. The van der Waals surface area contributed by atoms with Crippen LogP contribution < -0.4 is 10.6 Å². The standard InChI is InChI=1S/C26H24F3N5O5/c1-14-22(23(36)39-3)20(10-16-8-7-15(13-30)9-17(16)11-21(35)38-2)34(25(32)37)24(31)33(14)19-6-4-5-18(12-19)26(27,28)29/h4-9,12,20,31H,10-11H2,1-3H3,(H2,32,37). The highest BCUT2D eigenvalue weighted by Gasteiger charge is 2.43. The van der Waals surface area contributed by atoms with Crippen LogP contribution in [0.1, 0.15) is 29.2 Å². The number of primary amides is 1. The molecule has 2 aromatic carbocycles. The molecule has 0 aliphatic carbocycles. The Kier molecular flexibility index (Phi) is 8.29. The number of carbonyl (C=O) groups is 3. The fourth-order valence-corrected chi connectivity index (χ4v) is 4.38. The maximum atomic E-state index is 13.4. The molecule has 13 heteroatoms. The predicted octanol–water partition coefficient (Wildman–Crippen LogP) is 3.49. The van der Waals surface area contributed by atoms with Crippen molar-refractivity contribution in [2.45, 2.75) is 32.0 Å². The van der Waals surface area contributed by atoms with E-state index in [9.17, 15) is 32.8 Å². The second kappa shape index (κ2) is 11.3. The monoisotopic (exact) mass is 543 g/mol. The molecule has 0 bridgehead atoms. The maximum absolute atomic E-state index is 13.4. The lowest BCUT2D eigenvalue weighted by Gasteiger charge is -2.43. The van der Waals surface area contributed by atoms with Crippen LogP contribution in [0.2, 0.25) is 0 Å². The van der Waals surface area contributed by atoms with Gasteiger partial charge in [-0.05, 0) is 54.8 Å². The number of alkyl halides is 3. The molecule has 1 aliphatic rings. The molecule has 1 heterocycles. The van der Waals surface area contributed by atoms with E-state index in [2.05, 4.69) is 0 Å². The number of allylic oxidation sites excluding steroid dienone is 1. The molecule has 3 N–H and O–H groups in total. The van der Waals surface area contributed by atoms with Crippen molar-refractivity contribution < 1.29 is 37.0 Å². The molecule has 0 radical (unpaired) electrons. The summed E-state index contributed by atoms with van der Waals surface area (Å²) in [6, 6.07) is 8.09. The van der Waals surface area contributed by atoms with Gasteiger partial charge in [-0.25, -0.2) is 9.59 Å². The van der Waals surface area contributed by atoms with E-state index in [0.717, 1.165) is 35.1 Å². The summed E-state index contributed by atoms with van der Waals surface area (Å²) in [5, 5.41) is 18.0. The molecule has 0 saturated heterocycles. The first-order chi connectivity index (χ1) is 18.3. The van der Waals surface area contributed by atoms with E-state index in [-0.39, 0.29) is 35.4 Å². The van der Waals surface area contributed by atoms with Crippen molar-refractivity contribution in [1.29, 1.82) is 10.7 Å². The molecule has 3 rings (SSSR count). The van der Waals surface area contributed by atoms with Gasteiger partial charge in [-0.1, -0.05) is 12.1 Å². The SMILES string of the molecule is COC(=O)Cc1cc(C#N)ccc1CC1C(C(=O)OC)=C(C)N(c2cccc(C(F)(F)F)c2)C(=N)N1C(N)=O. The van der Waals surface area contributed by atoms with Crippen molar-refractivity contribution in [3.05, 3.63) is 76.0 Å². The number of hydrogen-bond donors (Lipinski definition) is 2. The Balaban J connectivity index is 2.22. The van der Waals surface area contributed by atoms with Crippen molar-refractivity contribution in [2.75, 3.05) is 19.1 Å². The number of nitrogens with two attached hydrogens (primary N) is 1. The van der Waals surface area contributed by atoms with E-state index in [0.29, 0.717) is 11.1 Å². The van der Waals surface area contributed by atoms with E-state index in [1.54, 1.807) is 0 Å². The van der Waals surface area contributed by atoms with Crippen molar-refractivity contribution in [3.8, 4) is 6.07 Å². The van der Waals surface area contributed by atoms with Crippen LogP contribution in [-0.4, -0.2) is 49.1 Å². The molecule has 1 aliphatic heterocycles. The number of anilines is 1. The minimum Gasteiger partial charge on any atom is -0.469 e. The summed E-state index contributed by atoms with van der Waals surface area (Å²) in [4.78, 5) is 39.4. The Morgan fingerprint density at radius 2 is 1.79 bits per heavy atom. The van der Waals surface area contributed by atoms with Crippen molar-refractivity contribution >= 4 is 29.6 Å². The largest absolute Gasteiger partial charge is 0.469 e. The van der Waals surface area contributed by atoms with E-state index in [1.807, 2.05) is 6.07 Å². The van der Waals surface area contributed by atoms with Crippen LogP contribution in [0, 0.1) is 16.7 Å². The topological polar surface area (TPSA) is 150 Å². The zero-order valence-electron chi connectivity index (χ0n) is 21.1. The number of methoxy groups -OCH3 is 2. The summed E-state index contributed by atoms with van der Waals surface area (Å²) in [6.45, 7) is 1.40. The summed E-state index contributed by atoms with van der Waals surface area (Å²) in [6.07, 6.45) is -5.06. The molecule has 0 spiro atoms. The fourth-order valence-electron chi connectivity index (χ4n) is 4.38. The number of benzene rings is 2. The first-order valence-corrected chi connectivity index (χ1v) is 11.4. The van der Waals surface area contributed by atoms with Crippen LogP contribution in [0.4, 0.5) is 23.7 Å². The van der Waals surface area contributed by atoms with E-state index >= 15 is 0 Å². The van der Waals surface area contributed by atoms with Gasteiger partial charge in [-0.3, -0.25) is 20.0 Å². The smallest absolute Gasteiger partial charge is 0.416 e. The van der Waals surface area contributed by atoms with Crippen molar-refractivity contribution in [3.63, 3.8) is 0 Å². The van der Waals surface area contributed by atoms with Crippen molar-refractivity contribution in [2.24, 2.45) is 5.73 Å². The highest BCUT2D eigenvalue weighted by atomic mass is 19.4. The van der Waals surface area contributed by atoms with Gasteiger partial charge < -0.3 is 15.2 Å². The van der Waals surface area contributed by atoms with Gasteiger partial charge in [0, 0.05) is 11.4 Å². The lowest BCUT2D eigenvalue weighted by Crippen LogP contribution is -2.59. The van der Waals surface area contributed by atoms with E-state index < -0.39 is 41.7 Å².